The zero-order valence-corrected chi connectivity index (χ0v) is 11.9. The van der Waals surface area contributed by atoms with Crippen molar-refractivity contribution in [3.05, 3.63) is 59.2 Å². The molecule has 0 aliphatic rings. The summed E-state index contributed by atoms with van der Waals surface area (Å²) >= 11 is 6.15. The number of aromatic carboxylic acids is 1. The first-order valence-corrected chi connectivity index (χ1v) is 6.70. The smallest absolute Gasteiger partial charge is 0.359 e. The highest BCUT2D eigenvalue weighted by Gasteiger charge is 2.16. The number of hydrogen-bond donors (Lipinski definition) is 2. The quantitative estimate of drug-likeness (QED) is 0.767. The van der Waals surface area contributed by atoms with Crippen LogP contribution in [0.2, 0.25) is 5.02 Å². The lowest BCUT2D eigenvalue weighted by Gasteiger charge is -2.06. The van der Waals surface area contributed by atoms with E-state index in [4.69, 9.17) is 21.4 Å². The maximum atomic E-state index is 10.9. The molecule has 1 heterocycles. The van der Waals surface area contributed by atoms with E-state index in [1.54, 1.807) is 12.1 Å². The van der Waals surface area contributed by atoms with Gasteiger partial charge in [0.25, 0.3) is 5.88 Å². The zero-order valence-electron chi connectivity index (χ0n) is 11.2. The van der Waals surface area contributed by atoms with Crippen LogP contribution in [0.4, 0.5) is 0 Å². The van der Waals surface area contributed by atoms with E-state index in [9.17, 15) is 4.79 Å². The normalized spacial score (nSPS) is 10.4. The molecule has 0 atom stereocenters. The third kappa shape index (κ3) is 2.77. The Balaban J connectivity index is 1.84. The average Bonchev–Trinajstić information content (AvgIpc) is 2.97. The molecule has 1 aromatic heterocycles. The fraction of sp³-hybridized carbons (Fsp3) is 0. The Labute approximate surface area is 130 Å². The van der Waals surface area contributed by atoms with Gasteiger partial charge >= 0.3 is 5.97 Å². The van der Waals surface area contributed by atoms with E-state index in [0.29, 0.717) is 10.8 Å². The van der Waals surface area contributed by atoms with Gasteiger partial charge < -0.3 is 9.84 Å². The molecule has 0 saturated heterocycles. The van der Waals surface area contributed by atoms with Crippen LogP contribution in [0.1, 0.15) is 10.5 Å². The molecule has 2 aromatic carbocycles. The summed E-state index contributed by atoms with van der Waals surface area (Å²) in [6.45, 7) is 0. The minimum Gasteiger partial charge on any atom is -0.476 e. The number of ether oxygens (including phenoxy) is 1. The van der Waals surface area contributed by atoms with Gasteiger partial charge in [-0.3, -0.25) is 0 Å². The third-order valence-corrected chi connectivity index (χ3v) is 3.31. The Hall–Kier alpha value is -2.86. The zero-order chi connectivity index (χ0) is 15.5. The summed E-state index contributed by atoms with van der Waals surface area (Å²) in [6, 6.07) is 14.6. The van der Waals surface area contributed by atoms with Crippen LogP contribution in [-0.2, 0) is 0 Å². The number of rotatable bonds is 4. The molecule has 0 radical (unpaired) electrons. The summed E-state index contributed by atoms with van der Waals surface area (Å²) in [5.41, 5.74) is 1.63. The summed E-state index contributed by atoms with van der Waals surface area (Å²) in [7, 11) is 0. The molecule has 2 N–H and O–H groups in total. The van der Waals surface area contributed by atoms with Crippen molar-refractivity contribution < 1.29 is 14.6 Å². The van der Waals surface area contributed by atoms with Gasteiger partial charge in [0.1, 0.15) is 5.75 Å². The molecular weight excluding hydrogens is 306 g/mol. The van der Waals surface area contributed by atoms with Crippen LogP contribution >= 0.6 is 11.6 Å². The van der Waals surface area contributed by atoms with Gasteiger partial charge in [-0.05, 0) is 23.8 Å². The van der Waals surface area contributed by atoms with E-state index >= 15 is 0 Å². The van der Waals surface area contributed by atoms with Gasteiger partial charge in [-0.15, -0.1) is 0 Å². The van der Waals surface area contributed by atoms with Gasteiger partial charge in [0.05, 0.1) is 0 Å². The molecule has 7 heteroatoms. The number of carboxylic acid groups (broad SMARTS) is 1. The second-order valence-electron chi connectivity index (χ2n) is 4.40. The summed E-state index contributed by atoms with van der Waals surface area (Å²) in [5.74, 6) is -0.821. The van der Waals surface area contributed by atoms with Crippen molar-refractivity contribution in [3.8, 4) is 22.8 Å². The van der Waals surface area contributed by atoms with Crippen LogP contribution in [0.3, 0.4) is 0 Å². The van der Waals surface area contributed by atoms with E-state index in [1.165, 1.54) is 0 Å². The molecule has 0 spiro atoms. The van der Waals surface area contributed by atoms with Crippen molar-refractivity contribution in [2.24, 2.45) is 0 Å². The SMILES string of the molecule is O=C(O)c1[nH]nnc1Oc1ccc(-c2ccccc2Cl)cc1. The standard InChI is InChI=1S/C15H10ClN3O3/c16-12-4-2-1-3-11(12)9-5-7-10(8-6-9)22-14-13(15(20)21)17-19-18-14/h1-8H,(H,20,21)(H,17,18,19). The average molecular weight is 316 g/mol. The molecule has 0 aliphatic carbocycles. The fourth-order valence-corrected chi connectivity index (χ4v) is 2.18. The van der Waals surface area contributed by atoms with Crippen LogP contribution in [0.5, 0.6) is 11.6 Å². The van der Waals surface area contributed by atoms with Gasteiger partial charge in [0, 0.05) is 10.6 Å². The summed E-state index contributed by atoms with van der Waals surface area (Å²) in [5, 5.41) is 18.9. The first kappa shape index (κ1) is 14.1. The van der Waals surface area contributed by atoms with E-state index in [1.807, 2.05) is 36.4 Å². The van der Waals surface area contributed by atoms with Gasteiger partial charge in [-0.1, -0.05) is 52.2 Å². The predicted octanol–water partition coefficient (Wildman–Crippen LogP) is 3.62. The maximum absolute atomic E-state index is 10.9. The molecule has 6 nitrogen and oxygen atoms in total. The van der Waals surface area contributed by atoms with Gasteiger partial charge in [-0.2, -0.15) is 0 Å². The van der Waals surface area contributed by atoms with Crippen molar-refractivity contribution in [1.82, 2.24) is 15.4 Å². The summed E-state index contributed by atoms with van der Waals surface area (Å²) in [6.07, 6.45) is 0. The maximum Gasteiger partial charge on any atom is 0.359 e. The predicted molar refractivity (Wildman–Crippen MR) is 80.3 cm³/mol. The molecule has 3 rings (SSSR count). The highest BCUT2D eigenvalue weighted by molar-refractivity contribution is 6.33. The van der Waals surface area contributed by atoms with Crippen molar-refractivity contribution in [1.29, 1.82) is 0 Å². The Kier molecular flexibility index (Phi) is 3.76. The van der Waals surface area contributed by atoms with Crippen LogP contribution in [0.15, 0.2) is 48.5 Å². The molecule has 0 unspecified atom stereocenters. The van der Waals surface area contributed by atoms with Crippen molar-refractivity contribution in [2.75, 3.05) is 0 Å². The molecule has 0 saturated carbocycles. The van der Waals surface area contributed by atoms with Crippen molar-refractivity contribution in [2.45, 2.75) is 0 Å². The minimum absolute atomic E-state index is 0.0852. The molecule has 0 amide bonds. The van der Waals surface area contributed by atoms with E-state index in [-0.39, 0.29) is 11.6 Å². The lowest BCUT2D eigenvalue weighted by molar-refractivity contribution is 0.0687. The first-order valence-electron chi connectivity index (χ1n) is 6.32. The molecular formula is C15H10ClN3O3. The fourth-order valence-electron chi connectivity index (χ4n) is 1.94. The molecule has 110 valence electrons. The van der Waals surface area contributed by atoms with Crippen LogP contribution < -0.4 is 4.74 Å². The lowest BCUT2D eigenvalue weighted by atomic mass is 10.1. The number of nitrogens with zero attached hydrogens (tertiary/aromatic N) is 2. The number of aromatic amines is 1. The number of nitrogens with one attached hydrogen (secondary N) is 1. The summed E-state index contributed by atoms with van der Waals surface area (Å²) < 4.78 is 5.41. The van der Waals surface area contributed by atoms with E-state index in [0.717, 1.165) is 11.1 Å². The van der Waals surface area contributed by atoms with Crippen molar-refractivity contribution in [3.63, 3.8) is 0 Å². The monoisotopic (exact) mass is 315 g/mol. The highest BCUT2D eigenvalue weighted by atomic mass is 35.5. The molecule has 0 fully saturated rings. The minimum atomic E-state index is -1.19. The topological polar surface area (TPSA) is 88.1 Å². The summed E-state index contributed by atoms with van der Waals surface area (Å²) in [4.78, 5) is 10.9. The highest BCUT2D eigenvalue weighted by Crippen LogP contribution is 2.30. The number of hydrogen-bond acceptors (Lipinski definition) is 4. The molecule has 3 aromatic rings. The number of H-pyrrole nitrogens is 1. The van der Waals surface area contributed by atoms with Crippen LogP contribution in [0, 0.1) is 0 Å². The number of benzene rings is 2. The Bertz CT molecular complexity index is 815. The molecule has 0 aliphatic heterocycles. The molecule has 0 bridgehead atoms. The molecule has 22 heavy (non-hydrogen) atoms. The lowest BCUT2D eigenvalue weighted by Crippen LogP contribution is -1.99. The van der Waals surface area contributed by atoms with Gasteiger partial charge in [-0.25, -0.2) is 9.89 Å². The second kappa shape index (κ2) is 5.87. The van der Waals surface area contributed by atoms with E-state index < -0.39 is 5.97 Å². The van der Waals surface area contributed by atoms with Crippen LogP contribution in [0.25, 0.3) is 11.1 Å². The number of carbonyl (C=O) groups is 1. The number of carboxylic acids is 1. The Morgan fingerprint density at radius 3 is 2.55 bits per heavy atom. The first-order chi connectivity index (χ1) is 10.6. The second-order valence-corrected chi connectivity index (χ2v) is 4.81. The number of halogens is 1. The third-order valence-electron chi connectivity index (χ3n) is 2.98. The van der Waals surface area contributed by atoms with Crippen molar-refractivity contribution >= 4 is 17.6 Å². The van der Waals surface area contributed by atoms with Gasteiger partial charge in [0.2, 0.25) is 5.69 Å². The van der Waals surface area contributed by atoms with E-state index in [2.05, 4.69) is 15.4 Å². The van der Waals surface area contributed by atoms with Gasteiger partial charge in [0.15, 0.2) is 0 Å². The van der Waals surface area contributed by atoms with Crippen LogP contribution in [-0.4, -0.2) is 26.5 Å². The largest absolute Gasteiger partial charge is 0.476 e. The Morgan fingerprint density at radius 1 is 1.14 bits per heavy atom. The number of aromatic nitrogens is 3. The Morgan fingerprint density at radius 2 is 1.86 bits per heavy atom.